The largest absolute Gasteiger partial charge is 0.494 e. The van der Waals surface area contributed by atoms with Crippen molar-refractivity contribution in [1.29, 1.82) is 5.41 Å². The van der Waals surface area contributed by atoms with Crippen LogP contribution in [0.15, 0.2) is 77.8 Å². The third-order valence-electron chi connectivity index (χ3n) is 5.13. The summed E-state index contributed by atoms with van der Waals surface area (Å²) in [5, 5.41) is 13.7. The van der Waals surface area contributed by atoms with E-state index in [1.54, 1.807) is 41.2 Å². The van der Waals surface area contributed by atoms with Gasteiger partial charge in [0, 0.05) is 11.8 Å². The molecule has 0 aliphatic rings. The minimum absolute atomic E-state index is 0.00946. The lowest BCUT2D eigenvalue weighted by molar-refractivity contribution is 0.341. The van der Waals surface area contributed by atoms with Crippen LogP contribution in [-0.2, 0) is 23.1 Å². The molecule has 0 spiro atoms. The molecule has 0 bridgehead atoms. The Morgan fingerprint density at radius 2 is 1.91 bits per heavy atom. The molecule has 4 aromatic rings. The summed E-state index contributed by atoms with van der Waals surface area (Å²) < 4.78 is 35.5. The first-order valence-corrected chi connectivity index (χ1v) is 11.9. The third-order valence-corrected chi connectivity index (χ3v) is 6.53. The van der Waals surface area contributed by atoms with Gasteiger partial charge in [0.25, 0.3) is 0 Å². The molecule has 0 fully saturated rings. The molecule has 0 unspecified atom stereocenters. The van der Waals surface area contributed by atoms with Crippen molar-refractivity contribution in [3.8, 4) is 5.75 Å². The standard InChI is InChI=1S/C24H25N5O3S/c1-2-32-22-8-6-18-7-9-23(14-20(18)13-22)33(30,31)27-15-21-10-11-29(28-21)16-17-4-3-5-19(12-17)24(25)26/h3-14,27H,2,15-16H2,1H3,(H3,25,26). The number of rotatable bonds is 9. The molecular weight excluding hydrogens is 438 g/mol. The van der Waals surface area contributed by atoms with E-state index in [1.165, 1.54) is 0 Å². The van der Waals surface area contributed by atoms with Crippen LogP contribution in [0.2, 0.25) is 0 Å². The molecule has 33 heavy (non-hydrogen) atoms. The lowest BCUT2D eigenvalue weighted by Crippen LogP contribution is -2.23. The van der Waals surface area contributed by atoms with Crippen LogP contribution in [0.25, 0.3) is 10.8 Å². The van der Waals surface area contributed by atoms with E-state index in [-0.39, 0.29) is 17.3 Å². The number of nitrogens with zero attached hydrogens (tertiary/aromatic N) is 2. The van der Waals surface area contributed by atoms with Gasteiger partial charge in [0.15, 0.2) is 0 Å². The minimum atomic E-state index is -3.72. The molecule has 0 atom stereocenters. The fourth-order valence-corrected chi connectivity index (χ4v) is 4.52. The Morgan fingerprint density at radius 1 is 1.09 bits per heavy atom. The summed E-state index contributed by atoms with van der Waals surface area (Å²) in [6.07, 6.45) is 1.79. The third kappa shape index (κ3) is 5.39. The summed E-state index contributed by atoms with van der Waals surface area (Å²) in [7, 11) is -3.72. The van der Waals surface area contributed by atoms with Crippen LogP contribution in [0, 0.1) is 5.41 Å². The highest BCUT2D eigenvalue weighted by Gasteiger charge is 2.15. The van der Waals surface area contributed by atoms with Crippen molar-refractivity contribution in [2.75, 3.05) is 6.61 Å². The summed E-state index contributed by atoms with van der Waals surface area (Å²) in [6.45, 7) is 3.00. The number of fused-ring (bicyclic) bond motifs is 1. The predicted octanol–water partition coefficient (Wildman–Crippen LogP) is 3.25. The van der Waals surface area contributed by atoms with E-state index >= 15 is 0 Å². The molecule has 0 radical (unpaired) electrons. The summed E-state index contributed by atoms with van der Waals surface area (Å²) in [6, 6.07) is 19.8. The Morgan fingerprint density at radius 3 is 2.70 bits per heavy atom. The van der Waals surface area contributed by atoms with E-state index in [2.05, 4.69) is 9.82 Å². The molecule has 4 N–H and O–H groups in total. The number of benzene rings is 3. The number of nitrogens with one attached hydrogen (secondary N) is 2. The van der Waals surface area contributed by atoms with E-state index in [1.807, 2.05) is 43.3 Å². The highest BCUT2D eigenvalue weighted by molar-refractivity contribution is 7.89. The van der Waals surface area contributed by atoms with Gasteiger partial charge in [-0.1, -0.05) is 30.3 Å². The van der Waals surface area contributed by atoms with Crippen LogP contribution in [0.4, 0.5) is 0 Å². The second-order valence-corrected chi connectivity index (χ2v) is 9.31. The molecule has 4 rings (SSSR count). The maximum Gasteiger partial charge on any atom is 0.240 e. The second-order valence-electron chi connectivity index (χ2n) is 7.55. The van der Waals surface area contributed by atoms with Crippen LogP contribution >= 0.6 is 0 Å². The Labute approximate surface area is 192 Å². The lowest BCUT2D eigenvalue weighted by atomic mass is 10.1. The molecular formula is C24H25N5O3S. The van der Waals surface area contributed by atoms with Gasteiger partial charge in [-0.25, -0.2) is 13.1 Å². The van der Waals surface area contributed by atoms with Gasteiger partial charge in [-0.15, -0.1) is 0 Å². The Balaban J connectivity index is 1.45. The fourth-order valence-electron chi connectivity index (χ4n) is 3.49. The number of ether oxygens (including phenoxy) is 1. The molecule has 3 aromatic carbocycles. The second kappa shape index (κ2) is 9.43. The van der Waals surface area contributed by atoms with Crippen LogP contribution < -0.4 is 15.2 Å². The summed E-state index contributed by atoms with van der Waals surface area (Å²) >= 11 is 0. The number of aromatic nitrogens is 2. The van der Waals surface area contributed by atoms with Gasteiger partial charge in [-0.2, -0.15) is 5.10 Å². The first-order chi connectivity index (χ1) is 15.8. The van der Waals surface area contributed by atoms with E-state index in [0.717, 1.165) is 16.3 Å². The number of hydrogen-bond acceptors (Lipinski definition) is 5. The molecule has 0 saturated heterocycles. The first-order valence-electron chi connectivity index (χ1n) is 10.5. The number of hydrogen-bond donors (Lipinski definition) is 3. The van der Waals surface area contributed by atoms with E-state index in [0.29, 0.717) is 30.2 Å². The first kappa shape index (κ1) is 22.5. The van der Waals surface area contributed by atoms with Gasteiger partial charge in [-0.05, 0) is 59.7 Å². The van der Waals surface area contributed by atoms with Gasteiger partial charge in [0.05, 0.1) is 30.3 Å². The average molecular weight is 464 g/mol. The van der Waals surface area contributed by atoms with Crippen molar-refractivity contribution in [2.45, 2.75) is 24.9 Å². The zero-order valence-electron chi connectivity index (χ0n) is 18.2. The molecule has 0 amide bonds. The summed E-state index contributed by atoms with van der Waals surface area (Å²) in [5.74, 6) is 0.710. The van der Waals surface area contributed by atoms with Gasteiger partial charge in [0.1, 0.15) is 11.6 Å². The SMILES string of the molecule is CCOc1ccc2ccc(S(=O)(=O)NCc3ccn(Cc4cccc(C(=N)N)c4)n3)cc2c1. The molecule has 1 aromatic heterocycles. The van der Waals surface area contributed by atoms with E-state index in [4.69, 9.17) is 15.9 Å². The Hall–Kier alpha value is -3.69. The smallest absolute Gasteiger partial charge is 0.240 e. The highest BCUT2D eigenvalue weighted by Crippen LogP contribution is 2.24. The van der Waals surface area contributed by atoms with Crippen LogP contribution in [-0.4, -0.2) is 30.6 Å². The van der Waals surface area contributed by atoms with Gasteiger partial charge in [0.2, 0.25) is 10.0 Å². The van der Waals surface area contributed by atoms with Crippen molar-refractivity contribution in [3.05, 3.63) is 89.7 Å². The van der Waals surface area contributed by atoms with Crippen molar-refractivity contribution < 1.29 is 13.2 Å². The Bertz CT molecular complexity index is 1410. The molecule has 9 heteroatoms. The van der Waals surface area contributed by atoms with Crippen molar-refractivity contribution >= 4 is 26.6 Å². The molecule has 0 aliphatic heterocycles. The zero-order valence-corrected chi connectivity index (χ0v) is 19.0. The molecule has 8 nitrogen and oxygen atoms in total. The Kier molecular flexibility index (Phi) is 6.43. The van der Waals surface area contributed by atoms with Crippen molar-refractivity contribution in [2.24, 2.45) is 5.73 Å². The predicted molar refractivity (Wildman–Crippen MR) is 128 cm³/mol. The van der Waals surface area contributed by atoms with E-state index < -0.39 is 10.0 Å². The number of amidine groups is 1. The van der Waals surface area contributed by atoms with Crippen LogP contribution in [0.1, 0.15) is 23.7 Å². The highest BCUT2D eigenvalue weighted by atomic mass is 32.2. The average Bonchev–Trinajstić information content (AvgIpc) is 3.25. The van der Waals surface area contributed by atoms with Crippen LogP contribution in [0.5, 0.6) is 5.75 Å². The zero-order chi connectivity index (χ0) is 23.4. The summed E-state index contributed by atoms with van der Waals surface area (Å²) in [4.78, 5) is 0.184. The quantitative estimate of drug-likeness (QED) is 0.260. The normalized spacial score (nSPS) is 11.5. The number of sulfonamides is 1. The molecule has 1 heterocycles. The van der Waals surface area contributed by atoms with Crippen molar-refractivity contribution in [1.82, 2.24) is 14.5 Å². The molecule has 0 saturated carbocycles. The number of nitrogen functional groups attached to an aromatic ring is 1. The van der Waals surface area contributed by atoms with Gasteiger partial charge in [-0.3, -0.25) is 10.1 Å². The summed E-state index contributed by atoms with van der Waals surface area (Å²) in [5.41, 5.74) is 7.74. The molecule has 170 valence electrons. The minimum Gasteiger partial charge on any atom is -0.494 e. The monoisotopic (exact) mass is 463 g/mol. The van der Waals surface area contributed by atoms with Gasteiger partial charge >= 0.3 is 0 Å². The molecule has 0 aliphatic carbocycles. The van der Waals surface area contributed by atoms with Crippen LogP contribution in [0.3, 0.4) is 0 Å². The maximum atomic E-state index is 12.9. The van der Waals surface area contributed by atoms with Crippen molar-refractivity contribution in [3.63, 3.8) is 0 Å². The van der Waals surface area contributed by atoms with Gasteiger partial charge < -0.3 is 10.5 Å². The topological polar surface area (TPSA) is 123 Å². The maximum absolute atomic E-state index is 12.9. The fraction of sp³-hybridized carbons (Fsp3) is 0.167. The number of nitrogens with two attached hydrogens (primary N) is 1. The van der Waals surface area contributed by atoms with E-state index in [9.17, 15) is 8.42 Å². The lowest BCUT2D eigenvalue weighted by Gasteiger charge is -2.09.